The molecule has 0 saturated heterocycles. The van der Waals surface area contributed by atoms with E-state index in [2.05, 4.69) is 0 Å². The average molecular weight is 222 g/mol. The minimum Gasteiger partial charge on any atom is -0.394 e. The van der Waals surface area contributed by atoms with Crippen molar-refractivity contribution in [3.05, 3.63) is 0 Å². The second kappa shape index (κ2) is 13.8. The Morgan fingerprint density at radius 3 is 2.00 bits per heavy atom. The Bertz CT molecular complexity index is 105. The average Bonchev–Trinajstić information content (AvgIpc) is 2.15. The van der Waals surface area contributed by atoms with Gasteiger partial charge in [-0.15, -0.1) is 0 Å². The Labute approximate surface area is 93.2 Å². The molecule has 0 amide bonds. The van der Waals surface area contributed by atoms with Crippen molar-refractivity contribution >= 4 is 0 Å². The van der Waals surface area contributed by atoms with E-state index in [0.717, 1.165) is 13.0 Å². The summed E-state index contributed by atoms with van der Waals surface area (Å²) in [7, 11) is 0. The van der Waals surface area contributed by atoms with Crippen molar-refractivity contribution in [1.29, 1.82) is 0 Å². The van der Waals surface area contributed by atoms with Crippen LogP contribution in [0, 0.1) is 0 Å². The molecule has 4 nitrogen and oxygen atoms in total. The maximum atomic E-state index is 8.65. The first-order chi connectivity index (χ1) is 7.04. The van der Waals surface area contributed by atoms with E-state index < -0.39 is 0 Å². The number of aliphatic hydroxyl groups excluding tert-OH is 2. The largest absolute Gasteiger partial charge is 0.394 e. The quantitative estimate of drug-likeness (QED) is 0.635. The van der Waals surface area contributed by atoms with Gasteiger partial charge >= 0.3 is 0 Å². The molecule has 0 aromatic heterocycles. The van der Waals surface area contributed by atoms with Crippen LogP contribution in [0.25, 0.3) is 0 Å². The number of rotatable bonds is 7. The van der Waals surface area contributed by atoms with E-state index in [4.69, 9.17) is 19.7 Å². The second-order valence-corrected chi connectivity index (χ2v) is 3.57. The summed E-state index contributed by atoms with van der Waals surface area (Å²) in [6.07, 6.45) is 0.945. The first kappa shape index (κ1) is 17.2. The van der Waals surface area contributed by atoms with Crippen LogP contribution in [0.4, 0.5) is 0 Å². The molecule has 0 aliphatic heterocycles. The Hall–Kier alpha value is -0.160. The minimum absolute atomic E-state index is 0.123. The van der Waals surface area contributed by atoms with Gasteiger partial charge < -0.3 is 19.7 Å². The van der Waals surface area contributed by atoms with Crippen LogP contribution in [0.3, 0.4) is 0 Å². The summed E-state index contributed by atoms with van der Waals surface area (Å²) in [5.74, 6) is 0. The third kappa shape index (κ3) is 24.8. The highest BCUT2D eigenvalue weighted by atomic mass is 16.5. The van der Waals surface area contributed by atoms with E-state index in [0.29, 0.717) is 13.2 Å². The number of hydrogen-bond acceptors (Lipinski definition) is 4. The molecule has 0 bridgehead atoms. The van der Waals surface area contributed by atoms with Gasteiger partial charge in [0.1, 0.15) is 0 Å². The smallest absolute Gasteiger partial charge is 0.0745 e. The van der Waals surface area contributed by atoms with E-state index in [9.17, 15) is 0 Å². The lowest BCUT2D eigenvalue weighted by Crippen LogP contribution is -2.10. The molecule has 0 aliphatic rings. The van der Waals surface area contributed by atoms with Gasteiger partial charge in [-0.1, -0.05) is 6.92 Å². The lowest BCUT2D eigenvalue weighted by atomic mass is 10.4. The SMILES string of the molecule is CC(C)OCCO.CCCOCC(C)O. The number of ether oxygens (including phenoxy) is 2. The van der Waals surface area contributed by atoms with Crippen LogP contribution in [-0.4, -0.2) is 48.8 Å². The molecular formula is C11H26O4. The van der Waals surface area contributed by atoms with E-state index >= 15 is 0 Å². The molecule has 1 unspecified atom stereocenters. The fourth-order valence-electron chi connectivity index (χ4n) is 0.687. The minimum atomic E-state index is -0.318. The Morgan fingerprint density at radius 1 is 1.13 bits per heavy atom. The molecule has 0 aromatic carbocycles. The van der Waals surface area contributed by atoms with Crippen molar-refractivity contribution in [3.8, 4) is 0 Å². The monoisotopic (exact) mass is 222 g/mol. The maximum Gasteiger partial charge on any atom is 0.0745 e. The molecule has 94 valence electrons. The molecule has 0 saturated carbocycles. The zero-order chi connectivity index (χ0) is 12.1. The van der Waals surface area contributed by atoms with Crippen molar-refractivity contribution in [1.82, 2.24) is 0 Å². The van der Waals surface area contributed by atoms with Gasteiger partial charge in [-0.2, -0.15) is 0 Å². The standard InChI is InChI=1S/C6H14O2.C5H12O2/c1-3-4-8-5-6(2)7;1-5(2)7-4-3-6/h6-7H,3-5H2,1-2H3;5-6H,3-4H2,1-2H3. The molecular weight excluding hydrogens is 196 g/mol. The van der Waals surface area contributed by atoms with Crippen LogP contribution >= 0.6 is 0 Å². The number of hydrogen-bond donors (Lipinski definition) is 2. The summed E-state index contributed by atoms with van der Waals surface area (Å²) in [5, 5.41) is 16.8. The van der Waals surface area contributed by atoms with E-state index in [1.807, 2.05) is 20.8 Å². The lowest BCUT2D eigenvalue weighted by molar-refractivity contribution is 0.0466. The highest BCUT2D eigenvalue weighted by molar-refractivity contribution is 4.39. The van der Waals surface area contributed by atoms with Crippen LogP contribution in [0.5, 0.6) is 0 Å². The molecule has 0 rings (SSSR count). The predicted molar refractivity (Wildman–Crippen MR) is 61.0 cm³/mol. The summed E-state index contributed by atoms with van der Waals surface area (Å²) in [6, 6.07) is 0. The van der Waals surface area contributed by atoms with Gasteiger partial charge in [-0.3, -0.25) is 0 Å². The van der Waals surface area contributed by atoms with E-state index in [1.54, 1.807) is 6.92 Å². The molecule has 2 N–H and O–H groups in total. The first-order valence-electron chi connectivity index (χ1n) is 5.52. The van der Waals surface area contributed by atoms with Gasteiger partial charge in [0.2, 0.25) is 0 Å². The van der Waals surface area contributed by atoms with Gasteiger partial charge in [0.15, 0.2) is 0 Å². The fourth-order valence-corrected chi connectivity index (χ4v) is 0.687. The molecule has 15 heavy (non-hydrogen) atoms. The Morgan fingerprint density at radius 2 is 1.73 bits per heavy atom. The third-order valence-electron chi connectivity index (χ3n) is 1.25. The van der Waals surface area contributed by atoms with Gasteiger partial charge in [0, 0.05) is 6.61 Å². The molecule has 0 aromatic rings. The summed E-state index contributed by atoms with van der Waals surface area (Å²) in [5.41, 5.74) is 0. The van der Waals surface area contributed by atoms with E-state index in [1.165, 1.54) is 0 Å². The fraction of sp³-hybridized carbons (Fsp3) is 1.00. The van der Waals surface area contributed by atoms with Crippen molar-refractivity contribution in [2.24, 2.45) is 0 Å². The van der Waals surface area contributed by atoms with Crippen molar-refractivity contribution in [3.63, 3.8) is 0 Å². The molecule has 0 fully saturated rings. The number of aliphatic hydroxyl groups is 2. The zero-order valence-corrected chi connectivity index (χ0v) is 10.4. The predicted octanol–water partition coefficient (Wildman–Crippen LogP) is 1.20. The van der Waals surface area contributed by atoms with Gasteiger partial charge in [-0.25, -0.2) is 0 Å². The highest BCUT2D eigenvalue weighted by Gasteiger charge is 1.91. The molecule has 1 atom stereocenters. The highest BCUT2D eigenvalue weighted by Crippen LogP contribution is 1.84. The third-order valence-corrected chi connectivity index (χ3v) is 1.25. The van der Waals surface area contributed by atoms with Gasteiger partial charge in [0.05, 0.1) is 32.0 Å². The maximum absolute atomic E-state index is 8.65. The van der Waals surface area contributed by atoms with Crippen molar-refractivity contribution < 1.29 is 19.7 Å². The van der Waals surface area contributed by atoms with Crippen LogP contribution < -0.4 is 0 Å². The zero-order valence-electron chi connectivity index (χ0n) is 10.4. The summed E-state index contributed by atoms with van der Waals surface area (Å²) < 4.78 is 9.94. The Kier molecular flexibility index (Phi) is 15.9. The second-order valence-electron chi connectivity index (χ2n) is 3.57. The molecule has 0 aliphatic carbocycles. The molecule has 0 heterocycles. The normalized spacial score (nSPS) is 12.2. The van der Waals surface area contributed by atoms with Gasteiger partial charge in [0.25, 0.3) is 0 Å². The van der Waals surface area contributed by atoms with Crippen LogP contribution in [0.1, 0.15) is 34.1 Å². The Balaban J connectivity index is 0. The topological polar surface area (TPSA) is 58.9 Å². The first-order valence-corrected chi connectivity index (χ1v) is 5.52. The molecule has 4 heteroatoms. The van der Waals surface area contributed by atoms with Crippen LogP contribution in [0.15, 0.2) is 0 Å². The summed E-state index contributed by atoms with van der Waals surface area (Å²) >= 11 is 0. The summed E-state index contributed by atoms with van der Waals surface area (Å²) in [6.45, 7) is 9.44. The van der Waals surface area contributed by atoms with Gasteiger partial charge in [-0.05, 0) is 27.2 Å². The summed E-state index contributed by atoms with van der Waals surface area (Å²) in [4.78, 5) is 0. The lowest BCUT2D eigenvalue weighted by Gasteiger charge is -2.02. The molecule has 0 radical (unpaired) electrons. The van der Waals surface area contributed by atoms with Crippen molar-refractivity contribution in [2.75, 3.05) is 26.4 Å². The van der Waals surface area contributed by atoms with E-state index in [-0.39, 0.29) is 18.8 Å². The van der Waals surface area contributed by atoms with Crippen LogP contribution in [0.2, 0.25) is 0 Å². The van der Waals surface area contributed by atoms with Crippen LogP contribution in [-0.2, 0) is 9.47 Å². The molecule has 0 spiro atoms. The van der Waals surface area contributed by atoms with Crippen molar-refractivity contribution in [2.45, 2.75) is 46.3 Å².